The Labute approximate surface area is 142 Å². The molecule has 1 aromatic rings. The van der Waals surface area contributed by atoms with Crippen LogP contribution in [0.4, 0.5) is 5.69 Å². The van der Waals surface area contributed by atoms with Crippen molar-refractivity contribution in [3.05, 3.63) is 29.8 Å². The molecule has 0 fully saturated rings. The van der Waals surface area contributed by atoms with Crippen LogP contribution in [0.3, 0.4) is 0 Å². The number of anilines is 1. The molecule has 0 aliphatic carbocycles. The first-order chi connectivity index (χ1) is 10.8. The van der Waals surface area contributed by atoms with Crippen molar-refractivity contribution in [3.8, 4) is 0 Å². The highest BCUT2D eigenvalue weighted by atomic mass is 32.1. The Morgan fingerprint density at radius 3 is 2.65 bits per heavy atom. The quantitative estimate of drug-likeness (QED) is 0.592. The summed E-state index contributed by atoms with van der Waals surface area (Å²) in [5.74, 6) is -1.45. The molecule has 0 radical (unpaired) electrons. The van der Waals surface area contributed by atoms with Crippen LogP contribution < -0.4 is 10.2 Å². The van der Waals surface area contributed by atoms with Gasteiger partial charge in [-0.05, 0) is 17.7 Å². The Morgan fingerprint density at radius 2 is 2.09 bits per heavy atom. The number of ether oxygens (including phenoxy) is 1. The average Bonchev–Trinajstić information content (AvgIpc) is 2.52. The summed E-state index contributed by atoms with van der Waals surface area (Å²) in [5.41, 5.74) is 1.98. The largest absolute Gasteiger partial charge is 0.480 e. The van der Waals surface area contributed by atoms with Gasteiger partial charge in [0.05, 0.1) is 13.2 Å². The maximum Gasteiger partial charge on any atom is 0.328 e. The molecule has 0 aliphatic rings. The number of carboxylic acids is 1. The van der Waals surface area contributed by atoms with E-state index in [9.17, 15) is 14.7 Å². The number of benzene rings is 1. The van der Waals surface area contributed by atoms with E-state index in [0.29, 0.717) is 5.75 Å². The molecule has 1 amide bonds. The van der Waals surface area contributed by atoms with Crippen molar-refractivity contribution in [1.29, 1.82) is 0 Å². The molecular weight excluding hydrogens is 316 g/mol. The van der Waals surface area contributed by atoms with Gasteiger partial charge in [0.15, 0.2) is 6.04 Å². The van der Waals surface area contributed by atoms with E-state index in [0.717, 1.165) is 11.3 Å². The SMILES string of the molecule is C[C@H](CS)C(=O)NC(COCc1cccc(N(C)C)c1)C(=O)O. The average molecular weight is 340 g/mol. The Morgan fingerprint density at radius 1 is 1.39 bits per heavy atom. The van der Waals surface area contributed by atoms with E-state index in [1.54, 1.807) is 6.92 Å². The third-order valence-electron chi connectivity index (χ3n) is 3.32. The molecule has 128 valence electrons. The molecule has 1 unspecified atom stereocenters. The number of nitrogens with zero attached hydrogens (tertiary/aromatic N) is 1. The zero-order chi connectivity index (χ0) is 17.4. The fraction of sp³-hybridized carbons (Fsp3) is 0.500. The van der Waals surface area contributed by atoms with Crippen LogP contribution in [0.5, 0.6) is 0 Å². The second-order valence-corrected chi connectivity index (χ2v) is 5.93. The predicted octanol–water partition coefficient (Wildman–Crippen LogP) is 1.40. The van der Waals surface area contributed by atoms with Gasteiger partial charge < -0.3 is 20.1 Å². The van der Waals surface area contributed by atoms with Gasteiger partial charge >= 0.3 is 5.97 Å². The maximum absolute atomic E-state index is 11.8. The molecular formula is C16H24N2O4S. The van der Waals surface area contributed by atoms with Gasteiger partial charge in [0.1, 0.15) is 0 Å². The first-order valence-electron chi connectivity index (χ1n) is 7.33. The number of hydrogen-bond acceptors (Lipinski definition) is 5. The predicted molar refractivity (Wildman–Crippen MR) is 93.0 cm³/mol. The molecule has 1 aromatic carbocycles. The molecule has 0 saturated heterocycles. The second kappa shape index (κ2) is 9.42. The number of carboxylic acid groups (broad SMARTS) is 1. The molecule has 1 rings (SSSR count). The number of aliphatic carboxylic acids is 1. The van der Waals surface area contributed by atoms with Gasteiger partial charge in [0, 0.05) is 31.5 Å². The molecule has 2 N–H and O–H groups in total. The maximum atomic E-state index is 11.8. The molecule has 6 nitrogen and oxygen atoms in total. The van der Waals surface area contributed by atoms with Crippen LogP contribution in [-0.2, 0) is 20.9 Å². The highest BCUT2D eigenvalue weighted by Gasteiger charge is 2.22. The Balaban J connectivity index is 2.55. The van der Waals surface area contributed by atoms with Crippen molar-refractivity contribution < 1.29 is 19.4 Å². The number of hydrogen-bond donors (Lipinski definition) is 3. The van der Waals surface area contributed by atoms with Gasteiger partial charge in [0.2, 0.25) is 5.91 Å². The summed E-state index contributed by atoms with van der Waals surface area (Å²) in [6.07, 6.45) is 0. The van der Waals surface area contributed by atoms with Crippen molar-refractivity contribution in [2.75, 3.05) is 31.4 Å². The monoisotopic (exact) mass is 340 g/mol. The van der Waals surface area contributed by atoms with Gasteiger partial charge in [-0.2, -0.15) is 12.6 Å². The minimum atomic E-state index is -1.12. The number of amides is 1. The molecule has 0 bridgehead atoms. The van der Waals surface area contributed by atoms with E-state index in [-0.39, 0.29) is 25.0 Å². The van der Waals surface area contributed by atoms with E-state index in [1.807, 2.05) is 43.3 Å². The van der Waals surface area contributed by atoms with Crippen molar-refractivity contribution in [3.63, 3.8) is 0 Å². The number of nitrogens with one attached hydrogen (secondary N) is 1. The number of rotatable bonds is 9. The highest BCUT2D eigenvalue weighted by molar-refractivity contribution is 7.80. The summed E-state index contributed by atoms with van der Waals surface area (Å²) in [6, 6.07) is 6.70. The van der Waals surface area contributed by atoms with Crippen molar-refractivity contribution in [2.45, 2.75) is 19.6 Å². The standard InChI is InChI=1S/C16H24N2O4S/c1-11(10-23)15(19)17-14(16(20)21)9-22-8-12-5-4-6-13(7-12)18(2)3/h4-7,11,14,23H,8-10H2,1-3H3,(H,17,19)(H,20,21)/t11-,14?/m1/s1. The second-order valence-electron chi connectivity index (χ2n) is 5.56. The van der Waals surface area contributed by atoms with E-state index in [4.69, 9.17) is 4.74 Å². The van der Waals surface area contributed by atoms with E-state index >= 15 is 0 Å². The van der Waals surface area contributed by atoms with Crippen LogP contribution in [0.15, 0.2) is 24.3 Å². The molecule has 23 heavy (non-hydrogen) atoms. The van der Waals surface area contributed by atoms with Gasteiger partial charge in [-0.1, -0.05) is 19.1 Å². The van der Waals surface area contributed by atoms with E-state index < -0.39 is 12.0 Å². The van der Waals surface area contributed by atoms with Gasteiger partial charge in [-0.15, -0.1) is 0 Å². The van der Waals surface area contributed by atoms with Crippen LogP contribution >= 0.6 is 12.6 Å². The van der Waals surface area contributed by atoms with Crippen LogP contribution in [0, 0.1) is 5.92 Å². The van der Waals surface area contributed by atoms with Crippen LogP contribution in [0.1, 0.15) is 12.5 Å². The lowest BCUT2D eigenvalue weighted by Crippen LogP contribution is -2.46. The lowest BCUT2D eigenvalue weighted by atomic mass is 10.2. The molecule has 0 saturated carbocycles. The molecule has 0 heterocycles. The summed E-state index contributed by atoms with van der Waals surface area (Å²) >= 11 is 4.03. The van der Waals surface area contributed by atoms with Crippen LogP contribution in [0.25, 0.3) is 0 Å². The molecule has 0 aromatic heterocycles. The Bertz CT molecular complexity index is 537. The van der Waals surface area contributed by atoms with Crippen molar-refractivity contribution in [1.82, 2.24) is 5.32 Å². The third kappa shape index (κ3) is 6.50. The van der Waals surface area contributed by atoms with E-state index in [1.165, 1.54) is 0 Å². The molecule has 0 aliphatic heterocycles. The summed E-state index contributed by atoms with van der Waals surface area (Å²) in [7, 11) is 3.89. The van der Waals surface area contributed by atoms with Gasteiger partial charge in [-0.3, -0.25) is 4.79 Å². The third-order valence-corrected chi connectivity index (χ3v) is 3.86. The van der Waals surface area contributed by atoms with E-state index in [2.05, 4.69) is 17.9 Å². The van der Waals surface area contributed by atoms with Crippen LogP contribution in [0.2, 0.25) is 0 Å². The summed E-state index contributed by atoms with van der Waals surface area (Å²) in [6.45, 7) is 1.88. The minimum absolute atomic E-state index is 0.0907. The topological polar surface area (TPSA) is 78.9 Å². The summed E-state index contributed by atoms with van der Waals surface area (Å²) in [5, 5.41) is 11.6. The van der Waals surface area contributed by atoms with Gasteiger partial charge in [0.25, 0.3) is 0 Å². The Kier molecular flexibility index (Phi) is 7.91. The Hall–Kier alpha value is -1.73. The zero-order valence-corrected chi connectivity index (χ0v) is 14.5. The molecule has 2 atom stereocenters. The fourth-order valence-electron chi connectivity index (χ4n) is 1.79. The highest BCUT2D eigenvalue weighted by Crippen LogP contribution is 2.14. The van der Waals surface area contributed by atoms with Crippen molar-refractivity contribution >= 4 is 30.2 Å². The van der Waals surface area contributed by atoms with Crippen LogP contribution in [-0.4, -0.2) is 49.5 Å². The molecule has 7 heteroatoms. The normalized spacial score (nSPS) is 13.2. The number of carbonyl (C=O) groups is 2. The first-order valence-corrected chi connectivity index (χ1v) is 7.96. The van der Waals surface area contributed by atoms with Crippen molar-refractivity contribution in [2.24, 2.45) is 5.92 Å². The summed E-state index contributed by atoms with van der Waals surface area (Å²) < 4.78 is 5.46. The smallest absolute Gasteiger partial charge is 0.328 e. The first kappa shape index (κ1) is 19.3. The molecule has 0 spiro atoms. The minimum Gasteiger partial charge on any atom is -0.480 e. The number of thiol groups is 1. The lowest BCUT2D eigenvalue weighted by Gasteiger charge is -2.17. The zero-order valence-electron chi connectivity index (χ0n) is 13.7. The lowest BCUT2D eigenvalue weighted by molar-refractivity contribution is -0.144. The fourth-order valence-corrected chi connectivity index (χ4v) is 1.96. The summed E-state index contributed by atoms with van der Waals surface area (Å²) in [4.78, 5) is 24.9. The number of carbonyl (C=O) groups excluding carboxylic acids is 1. The van der Waals surface area contributed by atoms with Gasteiger partial charge in [-0.25, -0.2) is 4.79 Å².